The van der Waals surface area contributed by atoms with E-state index in [0.717, 1.165) is 32.5 Å². The van der Waals surface area contributed by atoms with Crippen LogP contribution in [-0.2, 0) is 10.0 Å². The fourth-order valence-electron chi connectivity index (χ4n) is 2.19. The van der Waals surface area contributed by atoms with Gasteiger partial charge in [0.25, 0.3) is 5.91 Å². The number of primary sulfonamides is 1. The van der Waals surface area contributed by atoms with Crippen LogP contribution in [0, 0.1) is 0 Å². The molecule has 0 aromatic heterocycles. The van der Waals surface area contributed by atoms with E-state index < -0.39 is 10.0 Å². The van der Waals surface area contributed by atoms with Crippen LogP contribution in [-0.4, -0.2) is 45.4 Å². The normalized spacial score (nSPS) is 11.6. The highest BCUT2D eigenvalue weighted by Crippen LogP contribution is 2.08. The third kappa shape index (κ3) is 6.13. The molecular weight excluding hydrogens is 302 g/mol. The Kier molecular flexibility index (Phi) is 7.50. The number of nitrogens with two attached hydrogens (primary N) is 1. The summed E-state index contributed by atoms with van der Waals surface area (Å²) >= 11 is 0. The predicted octanol–water partition coefficient (Wildman–Crippen LogP) is 1.19. The Morgan fingerprint density at radius 1 is 1.09 bits per heavy atom. The van der Waals surface area contributed by atoms with Gasteiger partial charge in [-0.3, -0.25) is 4.79 Å². The molecule has 0 aliphatic rings. The lowest BCUT2D eigenvalue weighted by Crippen LogP contribution is -2.35. The van der Waals surface area contributed by atoms with Crippen molar-refractivity contribution in [1.29, 1.82) is 0 Å². The highest BCUT2D eigenvalue weighted by atomic mass is 32.2. The van der Waals surface area contributed by atoms with Gasteiger partial charge in [0.15, 0.2) is 0 Å². The van der Waals surface area contributed by atoms with Gasteiger partial charge in [-0.2, -0.15) is 0 Å². The molecule has 22 heavy (non-hydrogen) atoms. The molecule has 0 aliphatic carbocycles. The van der Waals surface area contributed by atoms with Crippen molar-refractivity contribution in [2.24, 2.45) is 5.14 Å². The van der Waals surface area contributed by atoms with Crippen molar-refractivity contribution in [3.8, 4) is 0 Å². The average Bonchev–Trinajstić information content (AvgIpc) is 2.47. The largest absolute Gasteiger partial charge is 0.351 e. The summed E-state index contributed by atoms with van der Waals surface area (Å²) in [7, 11) is -3.72. The molecule has 3 N–H and O–H groups in total. The summed E-state index contributed by atoms with van der Waals surface area (Å²) in [5, 5.41) is 7.86. The van der Waals surface area contributed by atoms with Gasteiger partial charge in [-0.05, 0) is 50.2 Å². The minimum atomic E-state index is -3.72. The minimum absolute atomic E-state index is 0.00103. The van der Waals surface area contributed by atoms with Crippen molar-refractivity contribution in [1.82, 2.24) is 10.2 Å². The van der Waals surface area contributed by atoms with Crippen molar-refractivity contribution >= 4 is 15.9 Å². The van der Waals surface area contributed by atoms with Crippen LogP contribution < -0.4 is 10.5 Å². The Morgan fingerprint density at radius 3 is 2.09 bits per heavy atom. The van der Waals surface area contributed by atoms with Gasteiger partial charge in [-0.25, -0.2) is 13.6 Å². The van der Waals surface area contributed by atoms with Crippen LogP contribution in [0.4, 0.5) is 0 Å². The summed E-state index contributed by atoms with van der Waals surface area (Å²) in [6.45, 7) is 7.68. The van der Waals surface area contributed by atoms with Gasteiger partial charge in [0.05, 0.1) is 4.90 Å². The van der Waals surface area contributed by atoms with Gasteiger partial charge >= 0.3 is 0 Å². The van der Waals surface area contributed by atoms with Crippen molar-refractivity contribution in [3.63, 3.8) is 0 Å². The molecule has 0 atom stereocenters. The molecule has 0 aliphatic heterocycles. The molecule has 0 saturated carbocycles. The fourth-order valence-corrected chi connectivity index (χ4v) is 2.71. The molecule has 0 saturated heterocycles. The molecule has 0 unspecified atom stereocenters. The fraction of sp³-hybridized carbons (Fsp3) is 0.533. The molecule has 0 radical (unpaired) electrons. The number of carbonyl (C=O) groups excluding carboxylic acids is 1. The first kappa shape index (κ1) is 18.6. The summed E-state index contributed by atoms with van der Waals surface area (Å²) in [6.07, 6.45) is 2.17. The lowest BCUT2D eigenvalue weighted by Gasteiger charge is -2.20. The van der Waals surface area contributed by atoms with Gasteiger partial charge in [-0.15, -0.1) is 0 Å². The summed E-state index contributed by atoms with van der Waals surface area (Å²) in [5.41, 5.74) is 0.421. The number of carbonyl (C=O) groups is 1. The van der Waals surface area contributed by atoms with Crippen LogP contribution in [0.5, 0.6) is 0 Å². The maximum absolute atomic E-state index is 12.0. The first-order valence-electron chi connectivity index (χ1n) is 7.52. The number of rotatable bonds is 9. The van der Waals surface area contributed by atoms with E-state index in [0.29, 0.717) is 12.1 Å². The van der Waals surface area contributed by atoms with Gasteiger partial charge in [0.2, 0.25) is 10.0 Å². The van der Waals surface area contributed by atoms with E-state index in [4.69, 9.17) is 5.14 Å². The van der Waals surface area contributed by atoms with Crippen molar-refractivity contribution in [3.05, 3.63) is 29.8 Å². The molecule has 7 heteroatoms. The molecule has 1 amide bonds. The zero-order chi connectivity index (χ0) is 16.6. The Hall–Kier alpha value is -1.44. The predicted molar refractivity (Wildman–Crippen MR) is 87.2 cm³/mol. The molecular formula is C15H25N3O3S. The van der Waals surface area contributed by atoms with E-state index in [1.807, 2.05) is 0 Å². The van der Waals surface area contributed by atoms with E-state index >= 15 is 0 Å². The highest BCUT2D eigenvalue weighted by Gasteiger charge is 2.10. The molecule has 0 fully saturated rings. The van der Waals surface area contributed by atoms with E-state index in [-0.39, 0.29) is 10.8 Å². The van der Waals surface area contributed by atoms with E-state index in [9.17, 15) is 13.2 Å². The van der Waals surface area contributed by atoms with Crippen molar-refractivity contribution in [2.75, 3.05) is 26.2 Å². The highest BCUT2D eigenvalue weighted by molar-refractivity contribution is 7.89. The van der Waals surface area contributed by atoms with E-state index in [1.54, 1.807) is 0 Å². The Labute approximate surface area is 132 Å². The topological polar surface area (TPSA) is 92.5 Å². The Morgan fingerprint density at radius 2 is 1.64 bits per heavy atom. The van der Waals surface area contributed by atoms with Crippen LogP contribution in [0.2, 0.25) is 0 Å². The first-order chi connectivity index (χ1) is 10.4. The van der Waals surface area contributed by atoms with Gasteiger partial charge in [0.1, 0.15) is 0 Å². The second kappa shape index (κ2) is 8.87. The molecule has 1 aromatic carbocycles. The van der Waals surface area contributed by atoms with Crippen LogP contribution in [0.1, 0.15) is 37.0 Å². The smallest absolute Gasteiger partial charge is 0.251 e. The molecule has 0 spiro atoms. The molecule has 0 bridgehead atoms. The zero-order valence-corrected chi connectivity index (χ0v) is 14.0. The van der Waals surface area contributed by atoms with Gasteiger partial charge in [0, 0.05) is 18.7 Å². The number of hydrogen-bond donors (Lipinski definition) is 2. The number of hydrogen-bond acceptors (Lipinski definition) is 4. The van der Waals surface area contributed by atoms with E-state index in [2.05, 4.69) is 24.1 Å². The summed E-state index contributed by atoms with van der Waals surface area (Å²) < 4.78 is 22.3. The SMILES string of the molecule is CCCN(CCC)CCNC(=O)c1ccc(S(N)(=O)=O)cc1. The molecule has 6 nitrogen and oxygen atoms in total. The summed E-state index contributed by atoms with van der Waals surface area (Å²) in [5.74, 6) is -0.214. The third-order valence-electron chi connectivity index (χ3n) is 3.24. The van der Waals surface area contributed by atoms with Crippen molar-refractivity contribution in [2.45, 2.75) is 31.6 Å². The van der Waals surface area contributed by atoms with Gasteiger partial charge in [-0.1, -0.05) is 13.8 Å². The maximum atomic E-state index is 12.0. The Balaban J connectivity index is 2.51. The number of amides is 1. The summed E-state index contributed by atoms with van der Waals surface area (Å²) in [6, 6.07) is 5.60. The third-order valence-corrected chi connectivity index (χ3v) is 4.17. The standard InChI is InChI=1S/C15H25N3O3S/c1-3-10-18(11-4-2)12-9-17-15(19)13-5-7-14(8-6-13)22(16,20)21/h5-8H,3-4,9-12H2,1-2H3,(H,17,19)(H2,16,20,21). The lowest BCUT2D eigenvalue weighted by molar-refractivity contribution is 0.0948. The molecule has 0 heterocycles. The average molecular weight is 327 g/mol. The van der Waals surface area contributed by atoms with Gasteiger partial charge < -0.3 is 10.2 Å². The van der Waals surface area contributed by atoms with E-state index in [1.165, 1.54) is 24.3 Å². The maximum Gasteiger partial charge on any atom is 0.251 e. The number of benzene rings is 1. The van der Waals surface area contributed by atoms with Crippen LogP contribution in [0.3, 0.4) is 0 Å². The second-order valence-corrected chi connectivity index (χ2v) is 6.73. The zero-order valence-electron chi connectivity index (χ0n) is 13.2. The quantitative estimate of drug-likeness (QED) is 0.712. The number of nitrogens with one attached hydrogen (secondary N) is 1. The second-order valence-electron chi connectivity index (χ2n) is 5.17. The van der Waals surface area contributed by atoms with Crippen LogP contribution >= 0.6 is 0 Å². The molecule has 1 aromatic rings. The summed E-state index contributed by atoms with van der Waals surface area (Å²) in [4.78, 5) is 14.3. The Bertz CT molecular complexity index is 564. The minimum Gasteiger partial charge on any atom is -0.351 e. The van der Waals surface area contributed by atoms with Crippen LogP contribution in [0.15, 0.2) is 29.2 Å². The van der Waals surface area contributed by atoms with Crippen LogP contribution in [0.25, 0.3) is 0 Å². The lowest BCUT2D eigenvalue weighted by atomic mass is 10.2. The molecule has 1 rings (SSSR count). The monoisotopic (exact) mass is 327 g/mol. The molecule has 124 valence electrons. The first-order valence-corrected chi connectivity index (χ1v) is 9.06. The number of sulfonamides is 1. The number of nitrogens with zero attached hydrogens (tertiary/aromatic N) is 1. The van der Waals surface area contributed by atoms with Crippen molar-refractivity contribution < 1.29 is 13.2 Å².